The van der Waals surface area contributed by atoms with E-state index in [2.05, 4.69) is 5.32 Å². The van der Waals surface area contributed by atoms with Crippen LogP contribution < -0.4 is 5.32 Å². The van der Waals surface area contributed by atoms with E-state index in [9.17, 15) is 39.3 Å². The highest BCUT2D eigenvalue weighted by atomic mass is 16.3. The average Bonchev–Trinajstić information content (AvgIpc) is 3.27. The standard InChI is InChI=1S/C32H35NO8/c1-13(2)10-18-11-17-7-8-19-12-21(35)33-32(19)25(17)30(40)22-23(28(38)16(5)29(39)24(22)31(32)41)26(36)14(3)6-9-20(34)15(4)27(18)37/h6-8,11,13,15,17,19-20,25,34,38-39H,9-10,12H2,1-5H3,(H,33,35)/b14-6-,18-11-/t15-,17-,19+,20+,25-,32+/m0/s1. The Bertz CT molecular complexity index is 1510. The molecule has 0 aromatic heterocycles. The minimum atomic E-state index is -1.74. The number of ketones is 4. The summed E-state index contributed by atoms with van der Waals surface area (Å²) in [6, 6.07) is 0. The van der Waals surface area contributed by atoms with Gasteiger partial charge in [-0.25, -0.2) is 0 Å². The van der Waals surface area contributed by atoms with E-state index in [-0.39, 0.29) is 41.2 Å². The lowest BCUT2D eigenvalue weighted by Crippen LogP contribution is -2.65. The monoisotopic (exact) mass is 561 g/mol. The second-order valence-corrected chi connectivity index (χ2v) is 12.3. The molecule has 5 rings (SSSR count). The molecule has 0 saturated carbocycles. The topological polar surface area (TPSA) is 158 Å². The Balaban J connectivity index is 1.89. The van der Waals surface area contributed by atoms with Crippen LogP contribution in [0.4, 0.5) is 0 Å². The molecule has 2 bridgehead atoms. The Morgan fingerprint density at radius 3 is 2.29 bits per heavy atom. The molecule has 1 spiro atoms. The SMILES string of the molecule is C/C1=C/C[C@@H](O)[C@H](C)C(=O)/C(CC(C)C)=C\[C@@H]2C=C[C@@H]3CC(=O)N[C@]34C(=O)c3c(O)c(C)c(O)c(c3C(=O)[C@H]24)C1=O. The summed E-state index contributed by atoms with van der Waals surface area (Å²) in [6.45, 7) is 8.29. The number of hydrogen-bond acceptors (Lipinski definition) is 8. The Morgan fingerprint density at radius 1 is 0.976 bits per heavy atom. The molecule has 6 atom stereocenters. The number of phenolic OH excluding ortho intramolecular Hbond substituents is 2. The van der Waals surface area contributed by atoms with Gasteiger partial charge in [0, 0.05) is 35.3 Å². The molecule has 1 aliphatic heterocycles. The predicted octanol–water partition coefficient (Wildman–Crippen LogP) is 3.53. The molecule has 1 fully saturated rings. The van der Waals surface area contributed by atoms with Crippen LogP contribution in [0.25, 0.3) is 0 Å². The number of phenols is 2. The number of nitrogens with one attached hydrogen (secondary N) is 1. The number of aromatic hydroxyl groups is 2. The van der Waals surface area contributed by atoms with Crippen molar-refractivity contribution in [3.8, 4) is 11.5 Å². The number of amides is 1. The first-order valence-corrected chi connectivity index (χ1v) is 14.0. The predicted molar refractivity (Wildman–Crippen MR) is 149 cm³/mol. The van der Waals surface area contributed by atoms with Crippen molar-refractivity contribution in [3.05, 3.63) is 57.7 Å². The maximum absolute atomic E-state index is 14.6. The van der Waals surface area contributed by atoms with Crippen molar-refractivity contribution in [3.63, 3.8) is 0 Å². The number of carbonyl (C=O) groups is 5. The van der Waals surface area contributed by atoms with Crippen LogP contribution in [0, 0.1) is 36.5 Å². The second kappa shape index (κ2) is 9.91. The minimum Gasteiger partial charge on any atom is -0.507 e. The molecule has 1 heterocycles. The fourth-order valence-corrected chi connectivity index (χ4v) is 6.92. The summed E-state index contributed by atoms with van der Waals surface area (Å²) >= 11 is 0. The van der Waals surface area contributed by atoms with Crippen LogP contribution in [-0.2, 0) is 9.59 Å². The van der Waals surface area contributed by atoms with Gasteiger partial charge in [-0.05, 0) is 43.8 Å². The van der Waals surface area contributed by atoms with Crippen molar-refractivity contribution in [2.75, 3.05) is 0 Å². The molecule has 1 amide bonds. The van der Waals surface area contributed by atoms with E-state index in [4.69, 9.17) is 0 Å². The number of carbonyl (C=O) groups excluding carboxylic acids is 5. The number of benzene rings is 1. The van der Waals surface area contributed by atoms with Crippen LogP contribution in [-0.4, -0.2) is 56.0 Å². The summed E-state index contributed by atoms with van der Waals surface area (Å²) in [5.41, 5.74) is -2.57. The first-order valence-electron chi connectivity index (χ1n) is 14.0. The number of hydrogen-bond donors (Lipinski definition) is 4. The lowest BCUT2D eigenvalue weighted by Gasteiger charge is -2.47. The van der Waals surface area contributed by atoms with Crippen LogP contribution in [0.1, 0.15) is 83.6 Å². The third kappa shape index (κ3) is 4.12. The molecular formula is C32H35NO8. The van der Waals surface area contributed by atoms with Crippen LogP contribution in [0.5, 0.6) is 11.5 Å². The number of Topliss-reactive ketones (excluding diaryl/α,β-unsaturated/α-hetero) is 4. The van der Waals surface area contributed by atoms with Gasteiger partial charge in [0.15, 0.2) is 23.1 Å². The van der Waals surface area contributed by atoms with Gasteiger partial charge in [0.2, 0.25) is 5.91 Å². The summed E-state index contributed by atoms with van der Waals surface area (Å²) in [5.74, 6) is -7.64. The summed E-state index contributed by atoms with van der Waals surface area (Å²) in [4.78, 5) is 69.3. The largest absolute Gasteiger partial charge is 0.507 e. The van der Waals surface area contributed by atoms with Gasteiger partial charge < -0.3 is 20.6 Å². The zero-order chi connectivity index (χ0) is 30.1. The van der Waals surface area contributed by atoms with E-state index >= 15 is 0 Å². The molecule has 0 unspecified atom stereocenters. The molecule has 9 heteroatoms. The number of rotatable bonds is 2. The van der Waals surface area contributed by atoms with Crippen molar-refractivity contribution in [2.45, 2.75) is 65.5 Å². The molecule has 1 aromatic carbocycles. The van der Waals surface area contributed by atoms with Gasteiger partial charge in [-0.2, -0.15) is 0 Å². The maximum Gasteiger partial charge on any atom is 0.221 e. The van der Waals surface area contributed by atoms with Crippen molar-refractivity contribution >= 4 is 29.0 Å². The highest BCUT2D eigenvalue weighted by Gasteiger charge is 2.65. The fraction of sp³-hybridized carbons (Fsp3) is 0.469. The zero-order valence-corrected chi connectivity index (χ0v) is 23.8. The van der Waals surface area contributed by atoms with Gasteiger partial charge in [0.25, 0.3) is 0 Å². The van der Waals surface area contributed by atoms with Crippen LogP contribution in [0.3, 0.4) is 0 Å². The molecule has 9 nitrogen and oxygen atoms in total. The normalized spacial score (nSPS) is 34.0. The molecule has 41 heavy (non-hydrogen) atoms. The van der Waals surface area contributed by atoms with Gasteiger partial charge in [0.1, 0.15) is 17.0 Å². The van der Waals surface area contributed by atoms with Crippen LogP contribution in [0.2, 0.25) is 0 Å². The van der Waals surface area contributed by atoms with Gasteiger partial charge in [-0.3, -0.25) is 24.0 Å². The smallest absolute Gasteiger partial charge is 0.221 e. The molecular weight excluding hydrogens is 526 g/mol. The number of aliphatic hydroxyl groups excluding tert-OH is 1. The Morgan fingerprint density at radius 2 is 1.63 bits per heavy atom. The van der Waals surface area contributed by atoms with Gasteiger partial charge in [-0.1, -0.05) is 45.1 Å². The van der Waals surface area contributed by atoms with Crippen molar-refractivity contribution in [1.29, 1.82) is 0 Å². The third-order valence-corrected chi connectivity index (χ3v) is 9.17. The first-order chi connectivity index (χ1) is 19.2. The Labute approximate surface area is 238 Å². The maximum atomic E-state index is 14.6. The number of aliphatic hydroxyl groups is 1. The Hall–Kier alpha value is -3.85. The van der Waals surface area contributed by atoms with Crippen molar-refractivity contribution in [1.82, 2.24) is 5.32 Å². The second-order valence-electron chi connectivity index (χ2n) is 12.3. The van der Waals surface area contributed by atoms with Crippen LogP contribution in [0.15, 0.2) is 35.5 Å². The van der Waals surface area contributed by atoms with E-state index in [1.807, 2.05) is 13.8 Å². The van der Waals surface area contributed by atoms with Crippen molar-refractivity contribution in [2.24, 2.45) is 29.6 Å². The minimum absolute atomic E-state index is 0.0326. The Kier molecular flexibility index (Phi) is 6.93. The quantitative estimate of drug-likeness (QED) is 0.399. The molecule has 216 valence electrons. The van der Waals surface area contributed by atoms with E-state index in [0.717, 1.165) is 0 Å². The van der Waals surface area contributed by atoms with Crippen molar-refractivity contribution < 1.29 is 39.3 Å². The van der Waals surface area contributed by atoms with Gasteiger partial charge in [0.05, 0.1) is 23.1 Å². The fourth-order valence-electron chi connectivity index (χ4n) is 6.92. The van der Waals surface area contributed by atoms with Crippen LogP contribution >= 0.6 is 0 Å². The first kappa shape index (κ1) is 28.7. The summed E-state index contributed by atoms with van der Waals surface area (Å²) in [5, 5.41) is 35.9. The van der Waals surface area contributed by atoms with Gasteiger partial charge >= 0.3 is 0 Å². The van der Waals surface area contributed by atoms with Gasteiger partial charge in [-0.15, -0.1) is 0 Å². The molecule has 4 aliphatic rings. The highest BCUT2D eigenvalue weighted by Crippen LogP contribution is 2.54. The summed E-state index contributed by atoms with van der Waals surface area (Å²) in [7, 11) is 0. The summed E-state index contributed by atoms with van der Waals surface area (Å²) < 4.78 is 0. The van der Waals surface area contributed by atoms with E-state index in [1.54, 1.807) is 25.2 Å². The molecule has 3 aliphatic carbocycles. The average molecular weight is 562 g/mol. The molecule has 1 saturated heterocycles. The lowest BCUT2D eigenvalue weighted by atomic mass is 9.56. The van der Waals surface area contributed by atoms with E-state index in [1.165, 1.54) is 19.9 Å². The van der Waals surface area contributed by atoms with E-state index < -0.39 is 81.2 Å². The third-order valence-electron chi connectivity index (χ3n) is 9.17. The highest BCUT2D eigenvalue weighted by molar-refractivity contribution is 6.28. The molecule has 4 N–H and O–H groups in total. The van der Waals surface area contributed by atoms with E-state index in [0.29, 0.717) is 12.0 Å². The lowest BCUT2D eigenvalue weighted by molar-refractivity contribution is -0.122. The molecule has 1 aromatic rings. The zero-order valence-electron chi connectivity index (χ0n) is 23.8. The number of allylic oxidation sites excluding steroid dienone is 4. The summed E-state index contributed by atoms with van der Waals surface area (Å²) in [6.07, 6.45) is 5.67. The molecule has 0 radical (unpaired) electrons.